The van der Waals surface area contributed by atoms with Crippen molar-refractivity contribution in [1.29, 1.82) is 0 Å². The minimum atomic E-state index is -4.72. The second kappa shape index (κ2) is 5.48. The third-order valence-corrected chi connectivity index (χ3v) is 3.57. The molecule has 0 aliphatic carbocycles. The quantitative estimate of drug-likeness (QED) is 0.674. The Labute approximate surface area is 137 Å². The van der Waals surface area contributed by atoms with Gasteiger partial charge in [0.1, 0.15) is 17.2 Å². The van der Waals surface area contributed by atoms with Gasteiger partial charge in [0.2, 0.25) is 0 Å². The van der Waals surface area contributed by atoms with Crippen LogP contribution in [-0.2, 0) is 6.18 Å². The van der Waals surface area contributed by atoms with Gasteiger partial charge in [-0.25, -0.2) is 9.37 Å². The molecule has 0 saturated heterocycles. The van der Waals surface area contributed by atoms with E-state index in [4.69, 9.17) is 17.3 Å². The molecule has 2 aromatic heterocycles. The second-order valence-corrected chi connectivity index (χ2v) is 5.37. The summed E-state index contributed by atoms with van der Waals surface area (Å²) in [4.78, 5) is 15.7. The molecule has 9 heteroatoms. The Morgan fingerprint density at radius 3 is 2.46 bits per heavy atom. The van der Waals surface area contributed by atoms with Crippen LogP contribution in [0.15, 0.2) is 41.2 Å². The fraction of sp³-hybridized carbons (Fsp3) is 0.0667. The van der Waals surface area contributed by atoms with Crippen LogP contribution in [0, 0.1) is 5.82 Å². The summed E-state index contributed by atoms with van der Waals surface area (Å²) < 4.78 is 53.6. The number of nitrogen functional groups attached to an aromatic ring is 1. The van der Waals surface area contributed by atoms with Crippen LogP contribution in [0.5, 0.6) is 0 Å². The molecule has 0 amide bonds. The number of halogens is 5. The number of aromatic nitrogens is 2. The fourth-order valence-electron chi connectivity index (χ4n) is 2.28. The Hall–Kier alpha value is -2.61. The van der Waals surface area contributed by atoms with Gasteiger partial charge in [-0.15, -0.1) is 0 Å². The number of nitrogens with two attached hydrogens (primary N) is 1. The van der Waals surface area contributed by atoms with Crippen molar-refractivity contribution in [3.8, 4) is 5.69 Å². The summed E-state index contributed by atoms with van der Waals surface area (Å²) in [5, 5.41) is 0.171. The lowest BCUT2D eigenvalue weighted by molar-refractivity contribution is -0.141. The zero-order valence-electron chi connectivity index (χ0n) is 11.7. The number of hydrogen-bond acceptors (Lipinski definition) is 3. The third-order valence-electron chi connectivity index (χ3n) is 3.34. The molecule has 3 rings (SSSR count). The summed E-state index contributed by atoms with van der Waals surface area (Å²) in [5.74, 6) is -0.880. The number of anilines is 1. The average Bonchev–Trinajstić information content (AvgIpc) is 2.47. The molecular formula is C15H8ClF4N3O. The van der Waals surface area contributed by atoms with E-state index in [0.717, 1.165) is 28.8 Å². The molecule has 0 atom stereocenters. The molecule has 24 heavy (non-hydrogen) atoms. The summed E-state index contributed by atoms with van der Waals surface area (Å²) in [7, 11) is 0. The van der Waals surface area contributed by atoms with Crippen LogP contribution in [-0.4, -0.2) is 9.55 Å². The van der Waals surface area contributed by atoms with Crippen LogP contribution in [0.1, 0.15) is 5.69 Å². The Bertz CT molecular complexity index is 1010. The number of rotatable bonds is 1. The Kier molecular flexibility index (Phi) is 3.71. The molecule has 0 aliphatic heterocycles. The molecule has 124 valence electrons. The maximum Gasteiger partial charge on any atom is 0.433 e. The smallest absolute Gasteiger partial charge is 0.398 e. The Morgan fingerprint density at radius 2 is 1.83 bits per heavy atom. The lowest BCUT2D eigenvalue weighted by atomic mass is 10.2. The van der Waals surface area contributed by atoms with Gasteiger partial charge in [-0.3, -0.25) is 9.36 Å². The minimum absolute atomic E-state index is 0.0538. The van der Waals surface area contributed by atoms with E-state index < -0.39 is 28.9 Å². The zero-order chi connectivity index (χ0) is 17.6. The molecular weight excluding hydrogens is 350 g/mol. The van der Waals surface area contributed by atoms with E-state index >= 15 is 0 Å². The van der Waals surface area contributed by atoms with Crippen molar-refractivity contribution in [2.24, 2.45) is 0 Å². The van der Waals surface area contributed by atoms with E-state index in [9.17, 15) is 22.4 Å². The van der Waals surface area contributed by atoms with Gasteiger partial charge in [0, 0.05) is 22.2 Å². The maximum atomic E-state index is 14.2. The molecule has 0 unspecified atom stereocenters. The van der Waals surface area contributed by atoms with Crippen LogP contribution < -0.4 is 11.3 Å². The van der Waals surface area contributed by atoms with Crippen LogP contribution >= 0.6 is 11.6 Å². The van der Waals surface area contributed by atoms with E-state index in [1.165, 1.54) is 12.1 Å². The van der Waals surface area contributed by atoms with E-state index in [1.807, 2.05) is 0 Å². The highest BCUT2D eigenvalue weighted by molar-refractivity contribution is 6.30. The molecule has 4 nitrogen and oxygen atoms in total. The number of fused-ring (bicyclic) bond motifs is 1. The van der Waals surface area contributed by atoms with Crippen molar-refractivity contribution >= 4 is 28.3 Å². The van der Waals surface area contributed by atoms with Crippen molar-refractivity contribution in [3.63, 3.8) is 0 Å². The molecule has 0 aliphatic rings. The highest BCUT2D eigenvalue weighted by Crippen LogP contribution is 2.30. The number of hydrogen-bond donors (Lipinski definition) is 1. The highest BCUT2D eigenvalue weighted by atomic mass is 35.5. The highest BCUT2D eigenvalue weighted by Gasteiger charge is 2.33. The summed E-state index contributed by atoms with van der Waals surface area (Å²) in [6.07, 6.45) is -4.72. The molecule has 1 aromatic carbocycles. The minimum Gasteiger partial charge on any atom is -0.398 e. The zero-order valence-corrected chi connectivity index (χ0v) is 12.5. The van der Waals surface area contributed by atoms with Crippen molar-refractivity contribution in [3.05, 3.63) is 63.3 Å². The SMILES string of the molecule is Nc1cc(=O)n(-c2ccc(Cl)cc2F)c2nc(C(F)(F)F)ccc12. The first kappa shape index (κ1) is 16.3. The average molecular weight is 358 g/mol. The van der Waals surface area contributed by atoms with Gasteiger partial charge in [0.15, 0.2) is 0 Å². The van der Waals surface area contributed by atoms with E-state index in [0.29, 0.717) is 0 Å². The number of pyridine rings is 2. The maximum absolute atomic E-state index is 14.2. The van der Waals surface area contributed by atoms with Gasteiger partial charge < -0.3 is 5.73 Å². The van der Waals surface area contributed by atoms with Crippen LogP contribution in [0.25, 0.3) is 16.7 Å². The summed E-state index contributed by atoms with van der Waals surface area (Å²) in [5.41, 5.74) is 2.92. The van der Waals surface area contributed by atoms with E-state index in [1.54, 1.807) is 0 Å². The summed E-state index contributed by atoms with van der Waals surface area (Å²) in [6.45, 7) is 0. The number of benzene rings is 1. The molecule has 0 fully saturated rings. The Balaban J connectivity index is 2.44. The number of alkyl halides is 3. The van der Waals surface area contributed by atoms with E-state index in [-0.39, 0.29) is 21.8 Å². The summed E-state index contributed by atoms with van der Waals surface area (Å²) in [6, 6.07) is 6.25. The molecule has 0 saturated carbocycles. The van der Waals surface area contributed by atoms with Gasteiger partial charge in [-0.1, -0.05) is 11.6 Å². The predicted octanol–water partition coefficient (Wildman–Crippen LogP) is 3.78. The molecule has 0 bridgehead atoms. The second-order valence-electron chi connectivity index (χ2n) is 4.93. The van der Waals surface area contributed by atoms with Gasteiger partial charge in [-0.05, 0) is 30.3 Å². The third kappa shape index (κ3) is 2.69. The normalized spacial score (nSPS) is 11.9. The molecule has 2 heterocycles. The lowest BCUT2D eigenvalue weighted by Crippen LogP contribution is -2.22. The van der Waals surface area contributed by atoms with Crippen molar-refractivity contribution < 1.29 is 17.6 Å². The molecule has 3 aromatic rings. The van der Waals surface area contributed by atoms with Gasteiger partial charge in [0.25, 0.3) is 5.56 Å². The first-order valence-electron chi connectivity index (χ1n) is 6.53. The molecule has 0 spiro atoms. The topological polar surface area (TPSA) is 60.9 Å². The molecule has 2 N–H and O–H groups in total. The lowest BCUT2D eigenvalue weighted by Gasteiger charge is -2.14. The first-order valence-corrected chi connectivity index (χ1v) is 6.91. The first-order chi connectivity index (χ1) is 11.2. The van der Waals surface area contributed by atoms with Gasteiger partial charge >= 0.3 is 6.18 Å². The standard InChI is InChI=1S/C15H8ClF4N3O/c16-7-1-3-11(9(17)5-7)23-13(24)6-10(21)8-2-4-12(15(18,19)20)22-14(8)23/h1-6H,21H2. The van der Waals surface area contributed by atoms with Gasteiger partial charge in [-0.2, -0.15) is 13.2 Å². The summed E-state index contributed by atoms with van der Waals surface area (Å²) >= 11 is 5.66. The van der Waals surface area contributed by atoms with Gasteiger partial charge in [0.05, 0.1) is 5.69 Å². The largest absolute Gasteiger partial charge is 0.433 e. The monoisotopic (exact) mass is 357 g/mol. The van der Waals surface area contributed by atoms with Crippen LogP contribution in [0.4, 0.5) is 23.2 Å². The molecule has 0 radical (unpaired) electrons. The number of nitrogens with zero attached hydrogens (tertiary/aromatic N) is 2. The van der Waals surface area contributed by atoms with E-state index in [2.05, 4.69) is 4.98 Å². The predicted molar refractivity (Wildman–Crippen MR) is 81.7 cm³/mol. The Morgan fingerprint density at radius 1 is 1.12 bits per heavy atom. The van der Waals surface area contributed by atoms with Crippen molar-refractivity contribution in [2.75, 3.05) is 5.73 Å². The van der Waals surface area contributed by atoms with Crippen molar-refractivity contribution in [1.82, 2.24) is 9.55 Å². The van der Waals surface area contributed by atoms with Crippen LogP contribution in [0.2, 0.25) is 5.02 Å². The van der Waals surface area contributed by atoms with Crippen LogP contribution in [0.3, 0.4) is 0 Å². The van der Waals surface area contributed by atoms with Crippen molar-refractivity contribution in [2.45, 2.75) is 6.18 Å². The fourth-order valence-corrected chi connectivity index (χ4v) is 2.44.